The number of hydrogen-bond donors (Lipinski definition) is 3. The lowest BCUT2D eigenvalue weighted by Gasteiger charge is -2.11. The molecule has 1 rings (SSSR count). The average Bonchev–Trinajstić information content (AvgIpc) is 2.54. The van der Waals surface area contributed by atoms with Gasteiger partial charge in [0.05, 0.1) is 19.8 Å². The molecule has 0 unspecified atom stereocenters. The number of anilines is 1. The molecule has 0 aliphatic rings. The van der Waals surface area contributed by atoms with Crippen LogP contribution in [0.15, 0.2) is 29.3 Å². The third-order valence-corrected chi connectivity index (χ3v) is 2.95. The second-order valence-electron chi connectivity index (χ2n) is 4.73. The van der Waals surface area contributed by atoms with Crippen LogP contribution in [0.5, 0.6) is 0 Å². The minimum atomic E-state index is 0.640. The first-order chi connectivity index (χ1) is 10.8. The zero-order valence-electron chi connectivity index (χ0n) is 13.8. The highest BCUT2D eigenvalue weighted by atomic mass is 16.5. The van der Waals surface area contributed by atoms with Crippen LogP contribution in [0.2, 0.25) is 0 Å². The van der Waals surface area contributed by atoms with Gasteiger partial charge in [0.25, 0.3) is 0 Å². The van der Waals surface area contributed by atoms with Crippen LogP contribution in [0, 0.1) is 0 Å². The van der Waals surface area contributed by atoms with Crippen LogP contribution in [0.1, 0.15) is 12.5 Å². The zero-order chi connectivity index (χ0) is 16.0. The van der Waals surface area contributed by atoms with E-state index in [1.807, 2.05) is 6.92 Å². The van der Waals surface area contributed by atoms with E-state index < -0.39 is 0 Å². The predicted octanol–water partition coefficient (Wildman–Crippen LogP) is 1.45. The summed E-state index contributed by atoms with van der Waals surface area (Å²) >= 11 is 0. The molecule has 0 aliphatic carbocycles. The third kappa shape index (κ3) is 7.85. The fourth-order valence-electron chi connectivity index (χ4n) is 1.81. The van der Waals surface area contributed by atoms with Crippen molar-refractivity contribution in [3.8, 4) is 0 Å². The molecule has 0 atom stereocenters. The van der Waals surface area contributed by atoms with Gasteiger partial charge >= 0.3 is 0 Å². The fraction of sp³-hybridized carbons (Fsp3) is 0.562. The normalized spacial score (nSPS) is 11.3. The van der Waals surface area contributed by atoms with E-state index in [0.29, 0.717) is 19.8 Å². The second-order valence-corrected chi connectivity index (χ2v) is 4.73. The Balaban J connectivity index is 2.47. The molecule has 6 heteroatoms. The lowest BCUT2D eigenvalue weighted by molar-refractivity contribution is 0.203. The number of benzene rings is 1. The van der Waals surface area contributed by atoms with Crippen LogP contribution in [-0.4, -0.2) is 53.0 Å². The molecule has 1 aromatic rings. The van der Waals surface area contributed by atoms with Crippen molar-refractivity contribution < 1.29 is 9.47 Å². The van der Waals surface area contributed by atoms with Crippen molar-refractivity contribution in [1.82, 2.24) is 10.6 Å². The van der Waals surface area contributed by atoms with Gasteiger partial charge in [-0.05, 0) is 24.6 Å². The van der Waals surface area contributed by atoms with Crippen LogP contribution in [0.4, 0.5) is 5.69 Å². The molecule has 6 nitrogen and oxygen atoms in total. The van der Waals surface area contributed by atoms with Crippen LogP contribution in [0.25, 0.3) is 0 Å². The van der Waals surface area contributed by atoms with Crippen molar-refractivity contribution in [1.29, 1.82) is 0 Å². The van der Waals surface area contributed by atoms with Gasteiger partial charge < -0.3 is 25.4 Å². The highest BCUT2D eigenvalue weighted by molar-refractivity contribution is 5.79. The standard InChI is InChI=1S/C16H28N4O2/c1-4-17-16(19-10-12-22-3)20-13-14-5-7-15(8-6-14)18-9-11-21-2/h5-8,18H,4,9-13H2,1-3H3,(H2,17,19,20). The Hall–Kier alpha value is -1.79. The summed E-state index contributed by atoms with van der Waals surface area (Å²) in [6.45, 7) is 6.43. The summed E-state index contributed by atoms with van der Waals surface area (Å²) in [6, 6.07) is 8.28. The monoisotopic (exact) mass is 308 g/mol. The van der Waals surface area contributed by atoms with Gasteiger partial charge in [0.15, 0.2) is 5.96 Å². The van der Waals surface area contributed by atoms with E-state index in [2.05, 4.69) is 45.2 Å². The molecule has 0 aromatic heterocycles. The first kappa shape index (κ1) is 18.3. The van der Waals surface area contributed by atoms with Crippen LogP contribution < -0.4 is 16.0 Å². The third-order valence-electron chi connectivity index (χ3n) is 2.95. The average molecular weight is 308 g/mol. The first-order valence-electron chi connectivity index (χ1n) is 7.63. The molecule has 0 heterocycles. The summed E-state index contributed by atoms with van der Waals surface area (Å²) in [5.74, 6) is 0.807. The number of rotatable bonds is 10. The van der Waals surface area contributed by atoms with Crippen LogP contribution >= 0.6 is 0 Å². The summed E-state index contributed by atoms with van der Waals surface area (Å²) in [6.07, 6.45) is 0. The van der Waals surface area contributed by atoms with Crippen molar-refractivity contribution in [2.45, 2.75) is 13.5 Å². The van der Waals surface area contributed by atoms with Crippen LogP contribution in [0.3, 0.4) is 0 Å². The Labute approximate surface area is 133 Å². The molecule has 22 heavy (non-hydrogen) atoms. The highest BCUT2D eigenvalue weighted by Gasteiger charge is 1.98. The summed E-state index contributed by atoms with van der Waals surface area (Å²) in [7, 11) is 3.39. The summed E-state index contributed by atoms with van der Waals surface area (Å²) < 4.78 is 10.0. The number of hydrogen-bond acceptors (Lipinski definition) is 4. The molecule has 0 saturated carbocycles. The minimum Gasteiger partial charge on any atom is -0.383 e. The van der Waals surface area contributed by atoms with Crippen molar-refractivity contribution in [3.63, 3.8) is 0 Å². The van der Waals surface area contributed by atoms with Gasteiger partial charge in [-0.3, -0.25) is 0 Å². The summed E-state index contributed by atoms with van der Waals surface area (Å²) in [5.41, 5.74) is 2.26. The van der Waals surface area contributed by atoms with E-state index in [1.165, 1.54) is 5.56 Å². The quantitative estimate of drug-likeness (QED) is 0.347. The van der Waals surface area contributed by atoms with E-state index >= 15 is 0 Å². The van der Waals surface area contributed by atoms with Gasteiger partial charge in [-0.2, -0.15) is 0 Å². The molecule has 0 fully saturated rings. The van der Waals surface area contributed by atoms with Crippen LogP contribution in [-0.2, 0) is 16.0 Å². The number of aliphatic imine (C=N–C) groups is 1. The summed E-state index contributed by atoms with van der Waals surface area (Å²) in [4.78, 5) is 4.56. The Bertz CT molecular complexity index is 421. The maximum atomic E-state index is 5.03. The predicted molar refractivity (Wildman–Crippen MR) is 91.5 cm³/mol. The van der Waals surface area contributed by atoms with Crippen molar-refractivity contribution >= 4 is 11.6 Å². The lowest BCUT2D eigenvalue weighted by atomic mass is 10.2. The highest BCUT2D eigenvalue weighted by Crippen LogP contribution is 2.10. The molecule has 0 radical (unpaired) electrons. The first-order valence-corrected chi connectivity index (χ1v) is 7.63. The van der Waals surface area contributed by atoms with Crippen molar-refractivity contribution in [2.75, 3.05) is 52.4 Å². The zero-order valence-corrected chi connectivity index (χ0v) is 13.8. The molecule has 0 bridgehead atoms. The topological polar surface area (TPSA) is 66.9 Å². The van der Waals surface area contributed by atoms with E-state index in [9.17, 15) is 0 Å². The molecule has 0 spiro atoms. The Kier molecular flexibility index (Phi) is 9.81. The van der Waals surface area contributed by atoms with E-state index in [4.69, 9.17) is 9.47 Å². The number of nitrogens with one attached hydrogen (secondary N) is 3. The molecule has 1 aromatic carbocycles. The molecule has 0 aliphatic heterocycles. The van der Waals surface area contributed by atoms with Gasteiger partial charge in [0, 0.05) is 39.5 Å². The Morgan fingerprint density at radius 2 is 1.68 bits per heavy atom. The lowest BCUT2D eigenvalue weighted by Crippen LogP contribution is -2.38. The maximum absolute atomic E-state index is 5.03. The SMILES string of the molecule is CCNC(=NCc1ccc(NCCOC)cc1)NCCOC. The van der Waals surface area contributed by atoms with Gasteiger partial charge in [-0.25, -0.2) is 4.99 Å². The molecular weight excluding hydrogens is 280 g/mol. The van der Waals surface area contributed by atoms with Crippen molar-refractivity contribution in [3.05, 3.63) is 29.8 Å². The van der Waals surface area contributed by atoms with E-state index in [0.717, 1.165) is 31.3 Å². The maximum Gasteiger partial charge on any atom is 0.191 e. The molecular formula is C16H28N4O2. The Morgan fingerprint density at radius 3 is 2.32 bits per heavy atom. The molecule has 3 N–H and O–H groups in total. The second kappa shape index (κ2) is 11.8. The van der Waals surface area contributed by atoms with Gasteiger partial charge in [-0.1, -0.05) is 12.1 Å². The Morgan fingerprint density at radius 1 is 1.00 bits per heavy atom. The number of ether oxygens (including phenoxy) is 2. The van der Waals surface area contributed by atoms with Crippen molar-refractivity contribution in [2.24, 2.45) is 4.99 Å². The molecule has 124 valence electrons. The molecule has 0 amide bonds. The van der Waals surface area contributed by atoms with Gasteiger partial charge in [0.2, 0.25) is 0 Å². The minimum absolute atomic E-state index is 0.640. The molecule has 0 saturated heterocycles. The summed E-state index contributed by atoms with van der Waals surface area (Å²) in [5, 5.41) is 9.73. The van der Waals surface area contributed by atoms with Gasteiger partial charge in [-0.15, -0.1) is 0 Å². The van der Waals surface area contributed by atoms with Gasteiger partial charge in [0.1, 0.15) is 0 Å². The number of nitrogens with zero attached hydrogens (tertiary/aromatic N) is 1. The number of methoxy groups -OCH3 is 2. The smallest absolute Gasteiger partial charge is 0.191 e. The largest absolute Gasteiger partial charge is 0.383 e. The van der Waals surface area contributed by atoms with E-state index in [1.54, 1.807) is 14.2 Å². The number of guanidine groups is 1. The fourth-order valence-corrected chi connectivity index (χ4v) is 1.81. The van der Waals surface area contributed by atoms with E-state index in [-0.39, 0.29) is 0 Å².